The number of hydrogen-bond donors (Lipinski definition) is 0. The second-order valence-corrected chi connectivity index (χ2v) is 16.8. The van der Waals surface area contributed by atoms with Crippen LogP contribution in [-0.2, 0) is 5.41 Å². The third kappa shape index (κ3) is 6.58. The van der Waals surface area contributed by atoms with Crippen LogP contribution < -0.4 is 0 Å². The minimum atomic E-state index is -0.438. The summed E-state index contributed by atoms with van der Waals surface area (Å²) in [6.45, 7) is 0. The Kier molecular flexibility index (Phi) is 9.43. The summed E-state index contributed by atoms with van der Waals surface area (Å²) >= 11 is 0. The van der Waals surface area contributed by atoms with Crippen LogP contribution in [0, 0.1) is 0 Å². The molecule has 0 fully saturated rings. The van der Waals surface area contributed by atoms with E-state index in [1.54, 1.807) is 0 Å². The van der Waals surface area contributed by atoms with Crippen molar-refractivity contribution in [1.82, 2.24) is 9.97 Å². The summed E-state index contributed by atoms with van der Waals surface area (Å²) in [7, 11) is 0. The van der Waals surface area contributed by atoms with E-state index in [-0.39, 0.29) is 0 Å². The van der Waals surface area contributed by atoms with Crippen LogP contribution in [0.25, 0.3) is 89.2 Å². The summed E-state index contributed by atoms with van der Waals surface area (Å²) in [5.41, 5.74) is 19.2. The van der Waals surface area contributed by atoms with E-state index >= 15 is 0 Å². The molecule has 0 unspecified atom stereocenters. The lowest BCUT2D eigenvalue weighted by molar-refractivity contribution is 0.768. The van der Waals surface area contributed by atoms with Crippen LogP contribution in [0.5, 0.6) is 0 Å². The Hall–Kier alpha value is -8.46. The molecule has 1 aliphatic carbocycles. The van der Waals surface area contributed by atoms with Gasteiger partial charge in [-0.05, 0) is 95.7 Å². The molecule has 65 heavy (non-hydrogen) atoms. The first-order chi connectivity index (χ1) is 32.2. The van der Waals surface area contributed by atoms with E-state index in [4.69, 9.17) is 9.97 Å². The molecule has 0 bridgehead atoms. The maximum absolute atomic E-state index is 5.31. The highest BCUT2D eigenvalue weighted by Crippen LogP contribution is 2.57. The van der Waals surface area contributed by atoms with Crippen molar-refractivity contribution in [2.75, 3.05) is 0 Å². The van der Waals surface area contributed by atoms with E-state index in [1.807, 2.05) is 18.2 Å². The normalized spacial score (nSPS) is 12.4. The Bertz CT molecular complexity index is 3470. The zero-order valence-corrected chi connectivity index (χ0v) is 35.6. The van der Waals surface area contributed by atoms with E-state index in [0.717, 1.165) is 44.6 Å². The number of rotatable bonds is 8. The van der Waals surface area contributed by atoms with Gasteiger partial charge in [0.05, 0.1) is 16.8 Å². The maximum atomic E-state index is 5.31. The largest absolute Gasteiger partial charge is 0.228 e. The van der Waals surface area contributed by atoms with Gasteiger partial charge in [-0.2, -0.15) is 0 Å². The quantitative estimate of drug-likeness (QED) is 0.152. The van der Waals surface area contributed by atoms with Gasteiger partial charge in [0, 0.05) is 16.7 Å². The molecular formula is C63H42N2. The lowest BCUT2D eigenvalue weighted by Gasteiger charge is -2.33. The van der Waals surface area contributed by atoms with E-state index in [9.17, 15) is 0 Å². The lowest BCUT2D eigenvalue weighted by atomic mass is 9.67. The van der Waals surface area contributed by atoms with E-state index < -0.39 is 5.41 Å². The molecule has 0 saturated heterocycles. The zero-order valence-electron chi connectivity index (χ0n) is 35.6. The van der Waals surface area contributed by atoms with Crippen molar-refractivity contribution in [1.29, 1.82) is 0 Å². The molecule has 10 aromatic carbocycles. The first-order valence-corrected chi connectivity index (χ1v) is 22.3. The van der Waals surface area contributed by atoms with Crippen molar-refractivity contribution >= 4 is 10.8 Å². The van der Waals surface area contributed by atoms with Gasteiger partial charge in [0.25, 0.3) is 0 Å². The van der Waals surface area contributed by atoms with Crippen LogP contribution in [0.4, 0.5) is 0 Å². The molecule has 2 heteroatoms. The molecule has 2 nitrogen and oxygen atoms in total. The predicted molar refractivity (Wildman–Crippen MR) is 269 cm³/mol. The topological polar surface area (TPSA) is 25.8 Å². The zero-order chi connectivity index (χ0) is 43.2. The van der Waals surface area contributed by atoms with Gasteiger partial charge >= 0.3 is 0 Å². The van der Waals surface area contributed by atoms with E-state index in [1.165, 1.54) is 61.0 Å². The third-order valence-electron chi connectivity index (χ3n) is 13.2. The molecule has 1 aromatic heterocycles. The number of hydrogen-bond acceptors (Lipinski definition) is 2. The molecule has 12 rings (SSSR count). The van der Waals surface area contributed by atoms with Gasteiger partial charge in [-0.3, -0.25) is 0 Å². The molecule has 304 valence electrons. The number of aromatic nitrogens is 2. The molecule has 0 aliphatic heterocycles. The fourth-order valence-electron chi connectivity index (χ4n) is 10.2. The van der Waals surface area contributed by atoms with Crippen LogP contribution in [-0.4, -0.2) is 9.97 Å². The number of fused-ring (bicyclic) bond motifs is 4. The lowest BCUT2D eigenvalue weighted by Crippen LogP contribution is -2.28. The smallest absolute Gasteiger partial charge is 0.160 e. The Morgan fingerprint density at radius 1 is 0.246 bits per heavy atom. The first-order valence-electron chi connectivity index (χ1n) is 22.3. The highest BCUT2D eigenvalue weighted by Gasteiger charge is 2.46. The van der Waals surface area contributed by atoms with Crippen molar-refractivity contribution in [2.45, 2.75) is 5.41 Å². The van der Waals surface area contributed by atoms with Gasteiger partial charge in [-0.25, -0.2) is 9.97 Å². The van der Waals surface area contributed by atoms with Gasteiger partial charge in [0.2, 0.25) is 0 Å². The highest BCUT2D eigenvalue weighted by atomic mass is 14.9. The van der Waals surface area contributed by atoms with Crippen LogP contribution in [0.15, 0.2) is 255 Å². The van der Waals surface area contributed by atoms with Crippen LogP contribution in [0.1, 0.15) is 22.3 Å². The van der Waals surface area contributed by atoms with Crippen molar-refractivity contribution < 1.29 is 0 Å². The summed E-state index contributed by atoms with van der Waals surface area (Å²) in [4.78, 5) is 10.5. The Balaban J connectivity index is 0.981. The molecule has 11 aromatic rings. The molecule has 0 atom stereocenters. The molecule has 0 radical (unpaired) electrons. The van der Waals surface area contributed by atoms with Gasteiger partial charge in [-0.1, -0.05) is 237 Å². The van der Waals surface area contributed by atoms with E-state index in [2.05, 4.69) is 237 Å². The molecule has 1 aliphatic rings. The monoisotopic (exact) mass is 826 g/mol. The average Bonchev–Trinajstić information content (AvgIpc) is 3.69. The second-order valence-electron chi connectivity index (χ2n) is 16.8. The number of benzene rings is 10. The first kappa shape index (κ1) is 38.2. The summed E-state index contributed by atoms with van der Waals surface area (Å²) in [5.74, 6) is 0.696. The van der Waals surface area contributed by atoms with Crippen molar-refractivity contribution in [3.8, 4) is 78.4 Å². The van der Waals surface area contributed by atoms with Gasteiger partial charge in [-0.15, -0.1) is 0 Å². The summed E-state index contributed by atoms with van der Waals surface area (Å²) < 4.78 is 0. The van der Waals surface area contributed by atoms with Crippen LogP contribution in [0.2, 0.25) is 0 Å². The predicted octanol–water partition coefficient (Wildman–Crippen LogP) is 16.0. The second kappa shape index (κ2) is 16.0. The Morgan fingerprint density at radius 2 is 0.723 bits per heavy atom. The summed E-state index contributed by atoms with van der Waals surface area (Å²) in [5, 5.41) is 2.32. The standard InChI is InChI=1S/C63H42N2/c1-5-18-43(19-6-1)44-32-34-45(35-33-44)47-22-17-23-49(40-47)60-42-61(65-62(64-60)46-20-7-2-8-21-46)56-38-37-52(53-28-13-14-29-54(53)56)48-36-39-59-57(41-48)55-30-15-16-31-58(55)63(59,50-24-9-3-10-25-50)51-26-11-4-12-27-51/h1-42H. The van der Waals surface area contributed by atoms with Crippen molar-refractivity contribution in [3.05, 3.63) is 277 Å². The minimum Gasteiger partial charge on any atom is -0.228 e. The fraction of sp³-hybridized carbons (Fsp3) is 0.0159. The fourth-order valence-corrected chi connectivity index (χ4v) is 10.2. The van der Waals surface area contributed by atoms with E-state index in [0.29, 0.717) is 5.82 Å². The highest BCUT2D eigenvalue weighted by molar-refractivity contribution is 6.05. The SMILES string of the molecule is c1ccc(-c2ccc(-c3cccc(-c4cc(-c5ccc(-c6ccc7c(c6)-c6ccccc6C7(c6ccccc6)c6ccccc6)c6ccccc56)nc(-c5ccccc5)n4)c3)cc2)cc1. The maximum Gasteiger partial charge on any atom is 0.160 e. The molecular weight excluding hydrogens is 785 g/mol. The molecule has 0 amide bonds. The summed E-state index contributed by atoms with van der Waals surface area (Å²) in [6.07, 6.45) is 0. The van der Waals surface area contributed by atoms with Gasteiger partial charge in [0.15, 0.2) is 5.82 Å². The molecule has 0 saturated carbocycles. The Labute approximate surface area is 379 Å². The van der Waals surface area contributed by atoms with Gasteiger partial charge < -0.3 is 0 Å². The van der Waals surface area contributed by atoms with Crippen LogP contribution in [0.3, 0.4) is 0 Å². The molecule has 1 heterocycles. The van der Waals surface area contributed by atoms with Gasteiger partial charge in [0.1, 0.15) is 0 Å². The number of nitrogens with zero attached hydrogens (tertiary/aromatic N) is 2. The molecule has 0 N–H and O–H groups in total. The third-order valence-corrected chi connectivity index (χ3v) is 13.2. The summed E-state index contributed by atoms with van der Waals surface area (Å²) in [6, 6.07) is 91.9. The van der Waals surface area contributed by atoms with Crippen molar-refractivity contribution in [3.63, 3.8) is 0 Å². The minimum absolute atomic E-state index is 0.438. The molecule has 0 spiro atoms. The average molecular weight is 827 g/mol. The van der Waals surface area contributed by atoms with Crippen molar-refractivity contribution in [2.24, 2.45) is 0 Å². The Morgan fingerprint density at radius 3 is 1.42 bits per heavy atom. The van der Waals surface area contributed by atoms with Crippen LogP contribution >= 0.6 is 0 Å².